The van der Waals surface area contributed by atoms with Crippen LogP contribution >= 0.6 is 0 Å². The van der Waals surface area contributed by atoms with Crippen LogP contribution in [0.1, 0.15) is 5.56 Å². The van der Waals surface area contributed by atoms with Crippen LogP contribution in [0.5, 0.6) is 5.88 Å². The van der Waals surface area contributed by atoms with Crippen LogP contribution in [0.2, 0.25) is 0 Å². The summed E-state index contributed by atoms with van der Waals surface area (Å²) >= 11 is 0. The molecule has 0 aliphatic carbocycles. The summed E-state index contributed by atoms with van der Waals surface area (Å²) in [5, 5.41) is 2.62. The van der Waals surface area contributed by atoms with Crippen molar-refractivity contribution in [3.63, 3.8) is 0 Å². The molecule has 5 nitrogen and oxygen atoms in total. The molecule has 0 bridgehead atoms. The number of fused-ring (bicyclic) bond motifs is 1. The Bertz CT molecular complexity index is 948. The number of nitrogens with zero attached hydrogens (tertiary/aromatic N) is 1. The number of alkyl halides is 3. The molecule has 0 aliphatic heterocycles. The number of anilines is 1. The summed E-state index contributed by atoms with van der Waals surface area (Å²) in [6, 6.07) is 8.16. The van der Waals surface area contributed by atoms with E-state index in [0.29, 0.717) is 11.4 Å². The number of carbonyl (C=O) groups is 1. The van der Waals surface area contributed by atoms with Crippen molar-refractivity contribution in [2.75, 3.05) is 12.4 Å². The zero-order valence-electron chi connectivity index (χ0n) is 13.4. The lowest BCUT2D eigenvalue weighted by Crippen LogP contribution is -2.29. The summed E-state index contributed by atoms with van der Waals surface area (Å²) in [7, 11) is 1.51. The number of pyridine rings is 1. The number of methoxy groups -OCH3 is 1. The number of halogens is 3. The second-order valence-corrected chi connectivity index (χ2v) is 5.45. The number of aromatic nitrogens is 2. The van der Waals surface area contributed by atoms with E-state index in [0.717, 1.165) is 22.2 Å². The van der Waals surface area contributed by atoms with Crippen molar-refractivity contribution in [1.29, 1.82) is 0 Å². The average molecular weight is 349 g/mol. The highest BCUT2D eigenvalue weighted by Crippen LogP contribution is 2.33. The van der Waals surface area contributed by atoms with E-state index in [4.69, 9.17) is 4.74 Å². The number of carbonyl (C=O) groups excluding carboxylic acids is 1. The van der Waals surface area contributed by atoms with Crippen LogP contribution in [0.25, 0.3) is 22.2 Å². The normalized spacial score (nSPS) is 11.6. The summed E-state index contributed by atoms with van der Waals surface area (Å²) < 4.78 is 42.4. The highest BCUT2D eigenvalue weighted by atomic mass is 19.4. The van der Waals surface area contributed by atoms with Gasteiger partial charge < -0.3 is 15.0 Å². The average Bonchev–Trinajstić information content (AvgIpc) is 2.96. The van der Waals surface area contributed by atoms with Gasteiger partial charge in [-0.2, -0.15) is 13.2 Å². The van der Waals surface area contributed by atoms with E-state index in [1.165, 1.54) is 19.2 Å². The first kappa shape index (κ1) is 16.8. The maximum Gasteiger partial charge on any atom is 0.471 e. The SMILES string of the molecule is COc1nccc(C)c1-c1cc2ccc(NC(=O)C(F)(F)F)cc2[nH]1. The molecule has 2 heterocycles. The van der Waals surface area contributed by atoms with E-state index in [1.54, 1.807) is 12.3 Å². The lowest BCUT2D eigenvalue weighted by atomic mass is 10.1. The van der Waals surface area contributed by atoms with Gasteiger partial charge in [0.25, 0.3) is 0 Å². The molecule has 3 aromatic rings. The number of amides is 1. The van der Waals surface area contributed by atoms with Crippen molar-refractivity contribution in [1.82, 2.24) is 9.97 Å². The Kier molecular flexibility index (Phi) is 4.12. The first-order chi connectivity index (χ1) is 11.8. The van der Waals surface area contributed by atoms with Gasteiger partial charge in [-0.3, -0.25) is 4.79 Å². The van der Waals surface area contributed by atoms with Crippen LogP contribution in [0.3, 0.4) is 0 Å². The van der Waals surface area contributed by atoms with Gasteiger partial charge in [0.15, 0.2) is 0 Å². The number of hydrogen-bond acceptors (Lipinski definition) is 3. The number of nitrogens with one attached hydrogen (secondary N) is 2. The molecule has 25 heavy (non-hydrogen) atoms. The number of benzene rings is 1. The third kappa shape index (κ3) is 3.28. The van der Waals surface area contributed by atoms with E-state index in [-0.39, 0.29) is 5.69 Å². The Balaban J connectivity index is 2.01. The highest BCUT2D eigenvalue weighted by molar-refractivity contribution is 5.97. The van der Waals surface area contributed by atoms with Gasteiger partial charge in [-0.15, -0.1) is 0 Å². The first-order valence-corrected chi connectivity index (χ1v) is 7.30. The third-order valence-corrected chi connectivity index (χ3v) is 3.73. The molecular formula is C17H14F3N3O2. The molecule has 3 rings (SSSR count). The number of H-pyrrole nitrogens is 1. The van der Waals surface area contributed by atoms with Crippen LogP contribution in [0.15, 0.2) is 36.5 Å². The van der Waals surface area contributed by atoms with E-state index in [1.807, 2.05) is 24.4 Å². The standard InChI is InChI=1S/C17H14F3N3O2/c1-9-5-6-21-15(25-2)14(9)13-7-10-3-4-11(8-12(10)23-13)22-16(24)17(18,19)20/h3-8,23H,1-2H3,(H,22,24). The van der Waals surface area contributed by atoms with E-state index in [9.17, 15) is 18.0 Å². The topological polar surface area (TPSA) is 67.0 Å². The van der Waals surface area contributed by atoms with Crippen molar-refractivity contribution in [3.8, 4) is 17.1 Å². The molecule has 0 unspecified atom stereocenters. The van der Waals surface area contributed by atoms with E-state index >= 15 is 0 Å². The van der Waals surface area contributed by atoms with E-state index < -0.39 is 12.1 Å². The van der Waals surface area contributed by atoms with Gasteiger partial charge in [-0.25, -0.2) is 4.98 Å². The lowest BCUT2D eigenvalue weighted by molar-refractivity contribution is -0.167. The number of hydrogen-bond donors (Lipinski definition) is 2. The minimum Gasteiger partial charge on any atom is -0.480 e. The number of aryl methyl sites for hydroxylation is 1. The fourth-order valence-corrected chi connectivity index (χ4v) is 2.56. The minimum absolute atomic E-state index is 0.0538. The van der Waals surface area contributed by atoms with Crippen LogP contribution in [-0.2, 0) is 4.79 Å². The van der Waals surface area contributed by atoms with Crippen LogP contribution in [-0.4, -0.2) is 29.2 Å². The Labute approximate surface area is 140 Å². The molecular weight excluding hydrogens is 335 g/mol. The zero-order valence-corrected chi connectivity index (χ0v) is 13.4. The van der Waals surface area contributed by atoms with Gasteiger partial charge in [-0.1, -0.05) is 6.07 Å². The lowest BCUT2D eigenvalue weighted by Gasteiger charge is -2.08. The van der Waals surface area contributed by atoms with E-state index in [2.05, 4.69) is 9.97 Å². The molecule has 0 radical (unpaired) electrons. The van der Waals surface area contributed by atoms with Gasteiger partial charge in [0.05, 0.1) is 18.4 Å². The van der Waals surface area contributed by atoms with Crippen LogP contribution < -0.4 is 10.1 Å². The predicted octanol–water partition coefficient (Wildman–Crippen LogP) is 4.05. The zero-order chi connectivity index (χ0) is 18.2. The predicted molar refractivity (Wildman–Crippen MR) is 87.5 cm³/mol. The van der Waals surface area contributed by atoms with Crippen molar-refractivity contribution < 1.29 is 22.7 Å². The van der Waals surface area contributed by atoms with Gasteiger partial charge in [0, 0.05) is 22.8 Å². The highest BCUT2D eigenvalue weighted by Gasteiger charge is 2.38. The summed E-state index contributed by atoms with van der Waals surface area (Å²) in [6.07, 6.45) is -3.30. The van der Waals surface area contributed by atoms with Crippen LogP contribution in [0.4, 0.5) is 18.9 Å². The second-order valence-electron chi connectivity index (χ2n) is 5.45. The van der Waals surface area contributed by atoms with Gasteiger partial charge >= 0.3 is 12.1 Å². The maximum atomic E-state index is 12.4. The Morgan fingerprint density at radius 1 is 1.24 bits per heavy atom. The molecule has 2 aromatic heterocycles. The molecule has 1 aromatic carbocycles. The number of rotatable bonds is 3. The largest absolute Gasteiger partial charge is 0.480 e. The van der Waals surface area contributed by atoms with Crippen molar-refractivity contribution in [2.24, 2.45) is 0 Å². The molecule has 0 atom stereocenters. The summed E-state index contributed by atoms with van der Waals surface area (Å²) in [4.78, 5) is 18.3. The Hall–Kier alpha value is -3.03. The Morgan fingerprint density at radius 2 is 2.00 bits per heavy atom. The third-order valence-electron chi connectivity index (χ3n) is 3.73. The first-order valence-electron chi connectivity index (χ1n) is 7.30. The second kappa shape index (κ2) is 6.12. The minimum atomic E-state index is -4.93. The molecule has 1 amide bonds. The molecule has 0 saturated carbocycles. The smallest absolute Gasteiger partial charge is 0.471 e. The fourth-order valence-electron chi connectivity index (χ4n) is 2.56. The molecule has 0 fully saturated rings. The maximum absolute atomic E-state index is 12.4. The van der Waals surface area contributed by atoms with Crippen molar-refractivity contribution in [2.45, 2.75) is 13.1 Å². The molecule has 8 heteroatoms. The fraction of sp³-hybridized carbons (Fsp3) is 0.176. The number of ether oxygens (including phenoxy) is 1. The Morgan fingerprint density at radius 3 is 2.68 bits per heavy atom. The monoisotopic (exact) mass is 349 g/mol. The summed E-state index contributed by atoms with van der Waals surface area (Å²) in [6.45, 7) is 1.90. The van der Waals surface area contributed by atoms with Gasteiger partial charge in [0.1, 0.15) is 0 Å². The van der Waals surface area contributed by atoms with Gasteiger partial charge in [0.2, 0.25) is 5.88 Å². The summed E-state index contributed by atoms with van der Waals surface area (Å²) in [5.74, 6) is -1.57. The van der Waals surface area contributed by atoms with Crippen LogP contribution in [0, 0.1) is 6.92 Å². The van der Waals surface area contributed by atoms with Crippen molar-refractivity contribution >= 4 is 22.5 Å². The molecule has 0 saturated heterocycles. The molecule has 2 N–H and O–H groups in total. The summed E-state index contributed by atoms with van der Waals surface area (Å²) in [5.41, 5.74) is 3.06. The molecule has 0 spiro atoms. The molecule has 130 valence electrons. The van der Waals surface area contributed by atoms with Gasteiger partial charge in [-0.05, 0) is 36.8 Å². The quantitative estimate of drug-likeness (QED) is 0.750. The molecule has 0 aliphatic rings. The number of aromatic amines is 1. The van der Waals surface area contributed by atoms with Crippen molar-refractivity contribution in [3.05, 3.63) is 42.1 Å².